The van der Waals surface area contributed by atoms with Crippen LogP contribution in [-0.2, 0) is 0 Å². The van der Waals surface area contributed by atoms with Crippen molar-refractivity contribution >= 4 is 0 Å². The zero-order valence-corrected chi connectivity index (χ0v) is 9.53. The van der Waals surface area contributed by atoms with Gasteiger partial charge in [-0.25, -0.2) is 0 Å². The van der Waals surface area contributed by atoms with E-state index in [1.807, 2.05) is 0 Å². The molecule has 1 saturated carbocycles. The van der Waals surface area contributed by atoms with Crippen molar-refractivity contribution in [3.05, 3.63) is 0 Å². The lowest BCUT2D eigenvalue weighted by Crippen LogP contribution is -2.35. The van der Waals surface area contributed by atoms with Gasteiger partial charge in [0.15, 0.2) is 0 Å². The average Bonchev–Trinajstić information content (AvgIpc) is 2.56. The predicted molar refractivity (Wildman–Crippen MR) is 58.9 cm³/mol. The second-order valence-corrected chi connectivity index (χ2v) is 5.15. The van der Waals surface area contributed by atoms with Gasteiger partial charge in [-0.1, -0.05) is 33.6 Å². The van der Waals surface area contributed by atoms with E-state index in [2.05, 4.69) is 26.1 Å². The lowest BCUT2D eigenvalue weighted by Gasteiger charge is -2.32. The first-order valence-electron chi connectivity index (χ1n) is 5.87. The minimum Gasteiger partial charge on any atom is -0.316 e. The SMILES string of the molecule is CCCNCC(C)(C)C1CCCC1. The third-order valence-corrected chi connectivity index (χ3v) is 3.47. The van der Waals surface area contributed by atoms with Gasteiger partial charge in [-0.2, -0.15) is 0 Å². The maximum Gasteiger partial charge on any atom is 0.000517 e. The Bertz CT molecular complexity index is 134. The molecule has 78 valence electrons. The van der Waals surface area contributed by atoms with Crippen LogP contribution in [0.25, 0.3) is 0 Å². The highest BCUT2D eigenvalue weighted by Crippen LogP contribution is 2.38. The Morgan fingerprint density at radius 1 is 1.23 bits per heavy atom. The van der Waals surface area contributed by atoms with E-state index in [9.17, 15) is 0 Å². The Balaban J connectivity index is 2.26. The lowest BCUT2D eigenvalue weighted by atomic mass is 9.78. The average molecular weight is 183 g/mol. The van der Waals surface area contributed by atoms with Gasteiger partial charge in [0.2, 0.25) is 0 Å². The van der Waals surface area contributed by atoms with Crippen LogP contribution < -0.4 is 5.32 Å². The predicted octanol–water partition coefficient (Wildman–Crippen LogP) is 3.20. The molecule has 0 radical (unpaired) electrons. The molecule has 0 heterocycles. The fraction of sp³-hybridized carbons (Fsp3) is 1.00. The van der Waals surface area contributed by atoms with Gasteiger partial charge in [0.05, 0.1) is 0 Å². The minimum atomic E-state index is 0.520. The van der Waals surface area contributed by atoms with E-state index in [1.165, 1.54) is 45.2 Å². The first-order chi connectivity index (χ1) is 6.17. The van der Waals surface area contributed by atoms with Crippen molar-refractivity contribution in [1.29, 1.82) is 0 Å². The highest BCUT2D eigenvalue weighted by Gasteiger charge is 2.30. The van der Waals surface area contributed by atoms with E-state index in [0.717, 1.165) is 5.92 Å². The van der Waals surface area contributed by atoms with Crippen molar-refractivity contribution in [2.75, 3.05) is 13.1 Å². The van der Waals surface area contributed by atoms with Crippen molar-refractivity contribution in [2.45, 2.75) is 52.9 Å². The van der Waals surface area contributed by atoms with Crippen molar-refractivity contribution < 1.29 is 0 Å². The van der Waals surface area contributed by atoms with Crippen LogP contribution in [0.15, 0.2) is 0 Å². The third kappa shape index (κ3) is 3.30. The standard InChI is InChI=1S/C12H25N/c1-4-9-13-10-12(2,3)11-7-5-6-8-11/h11,13H,4-10H2,1-3H3. The number of hydrogen-bond donors (Lipinski definition) is 1. The van der Waals surface area contributed by atoms with Gasteiger partial charge in [-0.05, 0) is 37.1 Å². The monoisotopic (exact) mass is 183 g/mol. The molecule has 0 aromatic carbocycles. The topological polar surface area (TPSA) is 12.0 Å². The number of hydrogen-bond acceptors (Lipinski definition) is 1. The Hall–Kier alpha value is -0.0400. The fourth-order valence-electron chi connectivity index (χ4n) is 2.44. The van der Waals surface area contributed by atoms with Crippen LogP contribution in [0.1, 0.15) is 52.9 Å². The van der Waals surface area contributed by atoms with Crippen LogP contribution in [0, 0.1) is 11.3 Å². The molecular weight excluding hydrogens is 158 g/mol. The molecule has 1 fully saturated rings. The Labute approximate surface area is 83.3 Å². The molecule has 1 aliphatic carbocycles. The summed E-state index contributed by atoms with van der Waals surface area (Å²) in [6, 6.07) is 0. The molecule has 1 N–H and O–H groups in total. The van der Waals surface area contributed by atoms with E-state index >= 15 is 0 Å². The molecule has 0 spiro atoms. The van der Waals surface area contributed by atoms with Crippen molar-refractivity contribution in [3.8, 4) is 0 Å². The number of rotatable bonds is 5. The molecule has 0 unspecified atom stereocenters. The Morgan fingerprint density at radius 2 is 1.85 bits per heavy atom. The van der Waals surface area contributed by atoms with E-state index in [4.69, 9.17) is 0 Å². The zero-order valence-electron chi connectivity index (χ0n) is 9.53. The van der Waals surface area contributed by atoms with E-state index in [0.29, 0.717) is 5.41 Å². The Morgan fingerprint density at radius 3 is 2.38 bits per heavy atom. The molecule has 0 aliphatic heterocycles. The second-order valence-electron chi connectivity index (χ2n) is 5.15. The summed E-state index contributed by atoms with van der Waals surface area (Å²) in [6.45, 7) is 9.45. The first-order valence-corrected chi connectivity index (χ1v) is 5.87. The van der Waals surface area contributed by atoms with Gasteiger partial charge in [-0.3, -0.25) is 0 Å². The Kier molecular flexibility index (Phi) is 4.24. The second kappa shape index (κ2) is 4.99. The van der Waals surface area contributed by atoms with Crippen LogP contribution in [0.5, 0.6) is 0 Å². The van der Waals surface area contributed by atoms with Gasteiger partial charge < -0.3 is 5.32 Å². The summed E-state index contributed by atoms with van der Waals surface area (Å²) in [5.41, 5.74) is 0.520. The molecule has 0 atom stereocenters. The van der Waals surface area contributed by atoms with Gasteiger partial charge in [0.1, 0.15) is 0 Å². The van der Waals surface area contributed by atoms with Crippen LogP contribution in [0.3, 0.4) is 0 Å². The quantitative estimate of drug-likeness (QED) is 0.645. The molecule has 1 heteroatoms. The van der Waals surface area contributed by atoms with Crippen LogP contribution in [0.2, 0.25) is 0 Å². The molecule has 1 rings (SSSR count). The van der Waals surface area contributed by atoms with Crippen molar-refractivity contribution in [3.63, 3.8) is 0 Å². The van der Waals surface area contributed by atoms with Crippen molar-refractivity contribution in [2.24, 2.45) is 11.3 Å². The maximum absolute atomic E-state index is 3.55. The zero-order chi connectivity index (χ0) is 9.73. The van der Waals surface area contributed by atoms with E-state index in [-0.39, 0.29) is 0 Å². The largest absolute Gasteiger partial charge is 0.316 e. The molecule has 0 saturated heterocycles. The minimum absolute atomic E-state index is 0.520. The fourth-order valence-corrected chi connectivity index (χ4v) is 2.44. The third-order valence-electron chi connectivity index (χ3n) is 3.47. The highest BCUT2D eigenvalue weighted by atomic mass is 14.9. The van der Waals surface area contributed by atoms with Gasteiger partial charge in [0, 0.05) is 6.54 Å². The summed E-state index contributed by atoms with van der Waals surface area (Å²) in [4.78, 5) is 0. The van der Waals surface area contributed by atoms with Crippen LogP contribution in [-0.4, -0.2) is 13.1 Å². The van der Waals surface area contributed by atoms with Crippen molar-refractivity contribution in [1.82, 2.24) is 5.32 Å². The summed E-state index contributed by atoms with van der Waals surface area (Å²) >= 11 is 0. The maximum atomic E-state index is 3.55. The first kappa shape index (κ1) is 11.0. The molecule has 0 amide bonds. The summed E-state index contributed by atoms with van der Waals surface area (Å²) in [6.07, 6.45) is 7.09. The summed E-state index contributed by atoms with van der Waals surface area (Å²) < 4.78 is 0. The molecule has 1 nitrogen and oxygen atoms in total. The molecule has 13 heavy (non-hydrogen) atoms. The van der Waals surface area contributed by atoms with Crippen LogP contribution >= 0.6 is 0 Å². The summed E-state index contributed by atoms with van der Waals surface area (Å²) in [5.74, 6) is 0.969. The molecule has 0 aromatic rings. The smallest absolute Gasteiger partial charge is 0.000517 e. The van der Waals surface area contributed by atoms with Gasteiger partial charge >= 0.3 is 0 Å². The van der Waals surface area contributed by atoms with Crippen LogP contribution in [0.4, 0.5) is 0 Å². The number of nitrogens with one attached hydrogen (secondary N) is 1. The molecule has 0 bridgehead atoms. The normalized spacial score (nSPS) is 19.6. The molecular formula is C12H25N. The molecule has 0 aromatic heterocycles. The lowest BCUT2D eigenvalue weighted by molar-refractivity contribution is 0.209. The summed E-state index contributed by atoms with van der Waals surface area (Å²) in [5, 5.41) is 3.55. The van der Waals surface area contributed by atoms with E-state index < -0.39 is 0 Å². The summed E-state index contributed by atoms with van der Waals surface area (Å²) in [7, 11) is 0. The highest BCUT2D eigenvalue weighted by molar-refractivity contribution is 4.83. The molecule has 1 aliphatic rings. The van der Waals surface area contributed by atoms with Gasteiger partial charge in [-0.15, -0.1) is 0 Å². The van der Waals surface area contributed by atoms with Gasteiger partial charge in [0.25, 0.3) is 0 Å². The van der Waals surface area contributed by atoms with E-state index in [1.54, 1.807) is 0 Å².